The van der Waals surface area contributed by atoms with E-state index in [-0.39, 0.29) is 22.3 Å². The van der Waals surface area contributed by atoms with Gasteiger partial charge in [0.1, 0.15) is 5.82 Å². The fourth-order valence-corrected chi connectivity index (χ4v) is 2.73. The number of anilines is 1. The number of rotatable bonds is 5. The minimum Gasteiger partial charge on any atom is -0.476 e. The number of carbonyl (C=O) groups excluding carboxylic acids is 1. The maximum atomic E-state index is 13.2. The summed E-state index contributed by atoms with van der Waals surface area (Å²) in [6.45, 7) is 6.32. The van der Waals surface area contributed by atoms with Gasteiger partial charge >= 0.3 is 0 Å². The highest BCUT2D eigenvalue weighted by Crippen LogP contribution is 2.26. The van der Waals surface area contributed by atoms with Crippen LogP contribution < -0.4 is 10.1 Å². The number of amides is 1. The molecular weight excluding hydrogens is 369 g/mol. The maximum absolute atomic E-state index is 13.2. The number of fused-ring (bicyclic) bond motifs is 1. The summed E-state index contributed by atoms with van der Waals surface area (Å²) in [5, 5.41) is 2.74. The van der Waals surface area contributed by atoms with Crippen LogP contribution in [0.1, 0.15) is 35.0 Å². The molecule has 3 rings (SSSR count). The van der Waals surface area contributed by atoms with Gasteiger partial charge in [0, 0.05) is 0 Å². The highest BCUT2D eigenvalue weighted by Gasteiger charge is 2.19. The van der Waals surface area contributed by atoms with Crippen molar-refractivity contribution in [3.63, 3.8) is 0 Å². The van der Waals surface area contributed by atoms with Crippen molar-refractivity contribution < 1.29 is 13.9 Å². The van der Waals surface area contributed by atoms with Crippen LogP contribution in [0.4, 0.5) is 10.1 Å². The van der Waals surface area contributed by atoms with Gasteiger partial charge in [0.15, 0.2) is 5.69 Å². The Balaban J connectivity index is 2.03. The first-order valence-corrected chi connectivity index (χ1v) is 8.95. The second-order valence-corrected chi connectivity index (χ2v) is 6.64. The molecule has 1 N–H and O–H groups in total. The molecule has 0 spiro atoms. The first kappa shape index (κ1) is 19.0. The van der Waals surface area contributed by atoms with Crippen molar-refractivity contribution in [1.82, 2.24) is 9.97 Å². The second-order valence-electron chi connectivity index (χ2n) is 6.23. The summed E-state index contributed by atoms with van der Waals surface area (Å²) in [4.78, 5) is 21.7. The summed E-state index contributed by atoms with van der Waals surface area (Å²) in [5.41, 5.74) is 3.71. The van der Waals surface area contributed by atoms with Crippen LogP contribution in [0.5, 0.6) is 5.88 Å². The predicted molar refractivity (Wildman–Crippen MR) is 104 cm³/mol. The summed E-state index contributed by atoms with van der Waals surface area (Å²) in [6.07, 6.45) is 0.761. The number of aromatic nitrogens is 2. The molecule has 0 atom stereocenters. The monoisotopic (exact) mass is 387 g/mol. The number of nitrogens with one attached hydrogen (secondary N) is 1. The van der Waals surface area contributed by atoms with Gasteiger partial charge in [-0.25, -0.2) is 14.4 Å². The van der Waals surface area contributed by atoms with Crippen LogP contribution in [-0.4, -0.2) is 22.5 Å². The van der Waals surface area contributed by atoms with Crippen molar-refractivity contribution >= 4 is 34.2 Å². The van der Waals surface area contributed by atoms with Gasteiger partial charge in [-0.1, -0.05) is 18.5 Å². The molecule has 1 aromatic heterocycles. The lowest BCUT2D eigenvalue weighted by molar-refractivity contribution is 0.101. The number of benzene rings is 2. The smallest absolute Gasteiger partial charge is 0.279 e. The van der Waals surface area contributed by atoms with Gasteiger partial charge in [0.2, 0.25) is 5.88 Å². The van der Waals surface area contributed by atoms with Crippen molar-refractivity contribution in [2.45, 2.75) is 27.2 Å². The zero-order valence-electron chi connectivity index (χ0n) is 15.3. The van der Waals surface area contributed by atoms with E-state index in [1.54, 1.807) is 0 Å². The molecule has 3 aromatic rings. The molecule has 0 aliphatic rings. The highest BCUT2D eigenvalue weighted by atomic mass is 35.5. The summed E-state index contributed by atoms with van der Waals surface area (Å²) < 4.78 is 18.9. The van der Waals surface area contributed by atoms with Crippen molar-refractivity contribution in [2.75, 3.05) is 11.9 Å². The molecule has 0 bridgehead atoms. The lowest BCUT2D eigenvalue weighted by Crippen LogP contribution is -2.17. The Morgan fingerprint density at radius 2 is 1.81 bits per heavy atom. The number of hydrogen-bond donors (Lipinski definition) is 1. The third-order valence-electron chi connectivity index (χ3n) is 4.09. The number of aryl methyl sites for hydroxylation is 2. The molecule has 0 aliphatic heterocycles. The Bertz CT molecular complexity index is 1020. The molecule has 140 valence electrons. The molecule has 1 heterocycles. The van der Waals surface area contributed by atoms with Crippen LogP contribution in [0, 0.1) is 19.7 Å². The molecule has 1 amide bonds. The third kappa shape index (κ3) is 4.17. The number of halogens is 2. The molecule has 0 aliphatic carbocycles. The Morgan fingerprint density at radius 3 is 2.44 bits per heavy atom. The number of carbonyl (C=O) groups is 1. The van der Waals surface area contributed by atoms with E-state index in [2.05, 4.69) is 15.3 Å². The Labute approximate surface area is 161 Å². The maximum Gasteiger partial charge on any atom is 0.279 e. The minimum absolute atomic E-state index is 0.0552. The Kier molecular flexibility index (Phi) is 5.56. The molecule has 7 heteroatoms. The van der Waals surface area contributed by atoms with E-state index < -0.39 is 11.7 Å². The molecule has 5 nitrogen and oxygen atoms in total. The fourth-order valence-electron chi connectivity index (χ4n) is 2.52. The van der Waals surface area contributed by atoms with Crippen molar-refractivity contribution in [1.29, 1.82) is 0 Å². The molecule has 27 heavy (non-hydrogen) atoms. The highest BCUT2D eigenvalue weighted by molar-refractivity contribution is 6.33. The molecule has 0 unspecified atom stereocenters. The topological polar surface area (TPSA) is 64.1 Å². The summed E-state index contributed by atoms with van der Waals surface area (Å²) in [6, 6.07) is 7.53. The third-order valence-corrected chi connectivity index (χ3v) is 4.40. The largest absolute Gasteiger partial charge is 0.476 e. The minimum atomic E-state index is -0.526. The van der Waals surface area contributed by atoms with Crippen LogP contribution in [0.3, 0.4) is 0 Å². The fraction of sp³-hybridized carbons (Fsp3) is 0.250. The quantitative estimate of drug-likeness (QED) is 0.663. The van der Waals surface area contributed by atoms with E-state index in [4.69, 9.17) is 16.3 Å². The van der Waals surface area contributed by atoms with E-state index in [9.17, 15) is 9.18 Å². The normalized spacial score (nSPS) is 10.9. The van der Waals surface area contributed by atoms with Gasteiger partial charge in [-0.05, 0) is 61.7 Å². The van der Waals surface area contributed by atoms with E-state index in [1.165, 1.54) is 12.1 Å². The molecule has 0 radical (unpaired) electrons. The molecule has 2 aromatic carbocycles. The summed E-state index contributed by atoms with van der Waals surface area (Å²) >= 11 is 6.00. The first-order valence-electron chi connectivity index (χ1n) is 8.57. The van der Waals surface area contributed by atoms with Gasteiger partial charge in [-0.15, -0.1) is 0 Å². The molecular formula is C20H19ClFN3O2. The van der Waals surface area contributed by atoms with Crippen LogP contribution >= 0.6 is 11.6 Å². The number of nitrogens with zero attached hydrogens (tertiary/aromatic N) is 2. The number of hydrogen-bond acceptors (Lipinski definition) is 4. The predicted octanol–water partition coefficient (Wildman–Crippen LogP) is 5.08. The zero-order valence-corrected chi connectivity index (χ0v) is 16.0. The first-order chi connectivity index (χ1) is 12.9. The van der Waals surface area contributed by atoms with Gasteiger partial charge < -0.3 is 10.1 Å². The van der Waals surface area contributed by atoms with Gasteiger partial charge in [0.25, 0.3) is 5.91 Å². The Hall–Kier alpha value is -2.73. The number of ether oxygens (including phenoxy) is 1. The van der Waals surface area contributed by atoms with Crippen LogP contribution in [0.25, 0.3) is 11.0 Å². The van der Waals surface area contributed by atoms with Gasteiger partial charge in [-0.3, -0.25) is 4.79 Å². The average Bonchev–Trinajstić information content (AvgIpc) is 2.62. The summed E-state index contributed by atoms with van der Waals surface area (Å²) in [7, 11) is 0. The van der Waals surface area contributed by atoms with E-state index in [0.29, 0.717) is 17.6 Å². The standard InChI is InChI=1S/C20H19ClFN3O2/c1-4-7-27-20-18(19(26)24-15-6-5-13(22)10-14(15)21)23-16-8-11(2)12(3)9-17(16)25-20/h5-6,8-10H,4,7H2,1-3H3,(H,24,26). The average molecular weight is 388 g/mol. The molecule has 0 fully saturated rings. The second kappa shape index (κ2) is 7.88. The van der Waals surface area contributed by atoms with E-state index >= 15 is 0 Å². The summed E-state index contributed by atoms with van der Waals surface area (Å²) in [5.74, 6) is -0.855. The van der Waals surface area contributed by atoms with E-state index in [1.807, 2.05) is 32.9 Å². The molecule has 0 saturated heterocycles. The van der Waals surface area contributed by atoms with Gasteiger partial charge in [-0.2, -0.15) is 0 Å². The van der Waals surface area contributed by atoms with Crippen LogP contribution in [0.15, 0.2) is 30.3 Å². The SMILES string of the molecule is CCCOc1nc2cc(C)c(C)cc2nc1C(=O)Nc1ccc(F)cc1Cl. The zero-order chi connectivity index (χ0) is 19.6. The van der Waals surface area contributed by atoms with Crippen molar-refractivity contribution in [2.24, 2.45) is 0 Å². The van der Waals surface area contributed by atoms with Crippen LogP contribution in [-0.2, 0) is 0 Å². The lowest BCUT2D eigenvalue weighted by atomic mass is 10.1. The van der Waals surface area contributed by atoms with E-state index in [0.717, 1.165) is 23.6 Å². The lowest BCUT2D eigenvalue weighted by Gasteiger charge is -2.12. The van der Waals surface area contributed by atoms with Crippen molar-refractivity contribution in [3.05, 3.63) is 58.0 Å². The van der Waals surface area contributed by atoms with Crippen molar-refractivity contribution in [3.8, 4) is 5.88 Å². The van der Waals surface area contributed by atoms with Crippen LogP contribution in [0.2, 0.25) is 5.02 Å². The molecule has 0 saturated carbocycles. The van der Waals surface area contributed by atoms with Gasteiger partial charge in [0.05, 0.1) is 28.4 Å². The Morgan fingerprint density at radius 1 is 1.15 bits per heavy atom.